The standard InChI is InChI=1S/C38H46N2/c1-4-27-19-21-38(22-20-27,34-13-11-32(30(5-2)25-34)23-28-7-15-36(39)16-8-28)35-14-12-33(31(6-3)26-35)24-29-9-17-37(40)18-10-29/h7-18,25-27H,4-6,19-24,39-40H2,1-3H3. The highest BCUT2D eigenvalue weighted by atomic mass is 14.5. The van der Waals surface area contributed by atoms with Gasteiger partial charge < -0.3 is 11.5 Å². The van der Waals surface area contributed by atoms with Gasteiger partial charge in [-0.2, -0.15) is 0 Å². The first kappa shape index (κ1) is 28.0. The van der Waals surface area contributed by atoms with Crippen molar-refractivity contribution >= 4 is 11.4 Å². The largest absolute Gasteiger partial charge is 0.399 e. The lowest BCUT2D eigenvalue weighted by Gasteiger charge is -2.42. The maximum absolute atomic E-state index is 5.94. The lowest BCUT2D eigenvalue weighted by atomic mass is 9.62. The number of nitrogen functional groups attached to an aromatic ring is 2. The first-order chi connectivity index (χ1) is 19.4. The van der Waals surface area contributed by atoms with Crippen molar-refractivity contribution in [2.45, 2.75) is 84.0 Å². The minimum absolute atomic E-state index is 0.0823. The average molecular weight is 531 g/mol. The fourth-order valence-electron chi connectivity index (χ4n) is 6.88. The molecule has 0 spiro atoms. The van der Waals surface area contributed by atoms with Crippen LogP contribution in [0.1, 0.15) is 97.4 Å². The van der Waals surface area contributed by atoms with Gasteiger partial charge in [-0.3, -0.25) is 0 Å². The molecule has 4 aromatic carbocycles. The van der Waals surface area contributed by atoms with E-state index in [9.17, 15) is 0 Å². The van der Waals surface area contributed by atoms with Crippen LogP contribution in [0.5, 0.6) is 0 Å². The molecule has 40 heavy (non-hydrogen) atoms. The molecule has 0 unspecified atom stereocenters. The van der Waals surface area contributed by atoms with Gasteiger partial charge in [-0.15, -0.1) is 0 Å². The van der Waals surface area contributed by atoms with Crippen molar-refractivity contribution in [2.24, 2.45) is 5.92 Å². The molecule has 0 amide bonds. The highest BCUT2D eigenvalue weighted by molar-refractivity contribution is 5.49. The molecule has 4 aromatic rings. The molecule has 0 saturated heterocycles. The summed E-state index contributed by atoms with van der Waals surface area (Å²) in [5, 5.41) is 0. The Bertz CT molecular complexity index is 1310. The van der Waals surface area contributed by atoms with Crippen molar-refractivity contribution in [2.75, 3.05) is 11.5 Å². The Kier molecular flexibility index (Phi) is 8.64. The van der Waals surface area contributed by atoms with Crippen LogP contribution in [0.15, 0.2) is 84.9 Å². The predicted octanol–water partition coefficient (Wildman–Crippen LogP) is 9.04. The summed E-state index contributed by atoms with van der Waals surface area (Å²) in [5.41, 5.74) is 25.1. The second-order valence-electron chi connectivity index (χ2n) is 11.9. The van der Waals surface area contributed by atoms with Crippen LogP contribution in [-0.2, 0) is 31.1 Å². The summed E-state index contributed by atoms with van der Waals surface area (Å²) in [4.78, 5) is 0. The summed E-state index contributed by atoms with van der Waals surface area (Å²) in [6.45, 7) is 6.96. The Morgan fingerprint density at radius 1 is 0.575 bits per heavy atom. The minimum atomic E-state index is 0.0823. The molecule has 0 heterocycles. The topological polar surface area (TPSA) is 52.0 Å². The molecule has 1 fully saturated rings. The van der Waals surface area contributed by atoms with E-state index in [2.05, 4.69) is 81.4 Å². The van der Waals surface area contributed by atoms with Crippen molar-refractivity contribution in [3.8, 4) is 0 Å². The zero-order valence-electron chi connectivity index (χ0n) is 24.7. The molecular weight excluding hydrogens is 484 g/mol. The van der Waals surface area contributed by atoms with Gasteiger partial charge in [-0.1, -0.05) is 87.9 Å². The molecular formula is C38H46N2. The van der Waals surface area contributed by atoms with Gasteiger partial charge in [-0.05, 0) is 126 Å². The predicted molar refractivity (Wildman–Crippen MR) is 172 cm³/mol. The SMILES string of the molecule is CCc1cc(C2(c3ccc(Cc4ccc(N)cc4)c(CC)c3)CCC(CC)CC2)ccc1Cc1ccc(N)cc1. The number of anilines is 2. The number of nitrogens with two attached hydrogens (primary N) is 2. The van der Waals surface area contributed by atoms with Crippen LogP contribution in [-0.4, -0.2) is 0 Å². The molecule has 208 valence electrons. The summed E-state index contributed by atoms with van der Waals surface area (Å²) in [6, 6.07) is 31.5. The van der Waals surface area contributed by atoms with Gasteiger partial charge in [0.2, 0.25) is 0 Å². The fraction of sp³-hybridized carbons (Fsp3) is 0.368. The van der Waals surface area contributed by atoms with Crippen LogP contribution in [0.2, 0.25) is 0 Å². The molecule has 4 N–H and O–H groups in total. The van der Waals surface area contributed by atoms with E-state index in [1.54, 1.807) is 0 Å². The second-order valence-corrected chi connectivity index (χ2v) is 11.9. The van der Waals surface area contributed by atoms with Crippen LogP contribution in [0.4, 0.5) is 11.4 Å². The quantitative estimate of drug-likeness (QED) is 0.212. The molecule has 0 radical (unpaired) electrons. The van der Waals surface area contributed by atoms with E-state index in [-0.39, 0.29) is 5.41 Å². The van der Waals surface area contributed by atoms with Crippen molar-refractivity contribution < 1.29 is 0 Å². The van der Waals surface area contributed by atoms with Crippen LogP contribution >= 0.6 is 0 Å². The fourth-order valence-corrected chi connectivity index (χ4v) is 6.88. The number of rotatable bonds is 9. The Hall–Kier alpha value is -3.52. The molecule has 1 aliphatic carbocycles. The van der Waals surface area contributed by atoms with Crippen molar-refractivity contribution in [3.63, 3.8) is 0 Å². The average Bonchev–Trinajstić information content (AvgIpc) is 2.99. The second kappa shape index (κ2) is 12.3. The molecule has 5 rings (SSSR count). The molecule has 1 saturated carbocycles. The number of hydrogen-bond acceptors (Lipinski definition) is 2. The summed E-state index contributed by atoms with van der Waals surface area (Å²) >= 11 is 0. The summed E-state index contributed by atoms with van der Waals surface area (Å²) in [7, 11) is 0. The first-order valence-corrected chi connectivity index (χ1v) is 15.4. The van der Waals surface area contributed by atoms with Gasteiger partial charge in [0.15, 0.2) is 0 Å². The van der Waals surface area contributed by atoms with Gasteiger partial charge in [0.1, 0.15) is 0 Å². The summed E-state index contributed by atoms with van der Waals surface area (Å²) in [6.07, 6.45) is 10.4. The van der Waals surface area contributed by atoms with Gasteiger partial charge >= 0.3 is 0 Å². The maximum Gasteiger partial charge on any atom is 0.0314 e. The van der Waals surface area contributed by atoms with Crippen LogP contribution < -0.4 is 11.5 Å². The zero-order valence-corrected chi connectivity index (χ0v) is 24.7. The first-order valence-electron chi connectivity index (χ1n) is 15.4. The van der Waals surface area contributed by atoms with E-state index in [0.717, 1.165) is 43.0 Å². The molecule has 2 nitrogen and oxygen atoms in total. The Morgan fingerprint density at radius 3 is 1.38 bits per heavy atom. The summed E-state index contributed by atoms with van der Waals surface area (Å²) in [5.74, 6) is 0.846. The molecule has 1 aliphatic rings. The number of benzene rings is 4. The highest BCUT2D eigenvalue weighted by Gasteiger charge is 2.38. The van der Waals surface area contributed by atoms with Gasteiger partial charge in [0, 0.05) is 16.8 Å². The van der Waals surface area contributed by atoms with E-state index in [1.165, 1.54) is 76.6 Å². The lowest BCUT2D eigenvalue weighted by Crippen LogP contribution is -2.33. The van der Waals surface area contributed by atoms with E-state index < -0.39 is 0 Å². The Morgan fingerprint density at radius 2 is 1.00 bits per heavy atom. The smallest absolute Gasteiger partial charge is 0.0314 e. The van der Waals surface area contributed by atoms with E-state index >= 15 is 0 Å². The molecule has 0 atom stereocenters. The van der Waals surface area contributed by atoms with Crippen molar-refractivity contribution in [1.29, 1.82) is 0 Å². The normalized spacial score (nSPS) is 15.3. The molecule has 2 heteroatoms. The molecule has 0 bridgehead atoms. The van der Waals surface area contributed by atoms with Gasteiger partial charge in [-0.25, -0.2) is 0 Å². The monoisotopic (exact) mass is 530 g/mol. The third kappa shape index (κ3) is 5.97. The van der Waals surface area contributed by atoms with Crippen molar-refractivity contribution in [3.05, 3.63) is 129 Å². The lowest BCUT2D eigenvalue weighted by molar-refractivity contribution is 0.260. The Labute approximate surface area is 241 Å². The number of hydrogen-bond donors (Lipinski definition) is 2. The van der Waals surface area contributed by atoms with Crippen LogP contribution in [0, 0.1) is 5.92 Å². The van der Waals surface area contributed by atoms with Crippen LogP contribution in [0.3, 0.4) is 0 Å². The van der Waals surface area contributed by atoms with Gasteiger partial charge in [0.25, 0.3) is 0 Å². The van der Waals surface area contributed by atoms with E-state index in [4.69, 9.17) is 11.5 Å². The third-order valence-electron chi connectivity index (χ3n) is 9.56. The third-order valence-corrected chi connectivity index (χ3v) is 9.56. The van der Waals surface area contributed by atoms with Crippen LogP contribution in [0.25, 0.3) is 0 Å². The minimum Gasteiger partial charge on any atom is -0.399 e. The highest BCUT2D eigenvalue weighted by Crippen LogP contribution is 2.48. The molecule has 0 aromatic heterocycles. The van der Waals surface area contributed by atoms with Gasteiger partial charge in [0.05, 0.1) is 0 Å². The molecule has 0 aliphatic heterocycles. The van der Waals surface area contributed by atoms with E-state index in [0.29, 0.717) is 0 Å². The van der Waals surface area contributed by atoms with E-state index in [1.807, 2.05) is 24.3 Å². The summed E-state index contributed by atoms with van der Waals surface area (Å²) < 4.78 is 0. The number of aryl methyl sites for hydroxylation is 2. The zero-order chi connectivity index (χ0) is 28.1. The maximum atomic E-state index is 5.94. The Balaban J connectivity index is 1.51. The van der Waals surface area contributed by atoms with Crippen molar-refractivity contribution in [1.82, 2.24) is 0 Å².